The Balaban J connectivity index is 2.16. The molecule has 1 aliphatic rings. The lowest BCUT2D eigenvalue weighted by Crippen LogP contribution is -2.22. The van der Waals surface area contributed by atoms with E-state index in [1.165, 1.54) is 6.42 Å². The number of aromatic hydroxyl groups is 1. The first kappa shape index (κ1) is 11.0. The van der Waals surface area contributed by atoms with Crippen molar-refractivity contribution in [2.45, 2.75) is 31.6 Å². The highest BCUT2D eigenvalue weighted by atomic mass is 16.4. The summed E-state index contributed by atoms with van der Waals surface area (Å²) in [6.07, 6.45) is 3.64. The van der Waals surface area contributed by atoms with Gasteiger partial charge in [0, 0.05) is 0 Å². The van der Waals surface area contributed by atoms with E-state index in [1.807, 2.05) is 12.1 Å². The van der Waals surface area contributed by atoms with Gasteiger partial charge in [0.15, 0.2) is 0 Å². The Bertz CT molecular complexity index is 365. The molecule has 1 aromatic rings. The summed E-state index contributed by atoms with van der Waals surface area (Å²) in [5, 5.41) is 18.1. The maximum atomic E-state index is 10.8. The van der Waals surface area contributed by atoms with E-state index in [9.17, 15) is 9.90 Å². The topological polar surface area (TPSA) is 57.5 Å². The SMILES string of the molecule is O=C(O)CC(c1ccc(O)cc1)C1CCC1. The van der Waals surface area contributed by atoms with E-state index in [0.717, 1.165) is 18.4 Å². The van der Waals surface area contributed by atoms with Crippen LogP contribution in [0.2, 0.25) is 0 Å². The van der Waals surface area contributed by atoms with Crippen molar-refractivity contribution in [2.75, 3.05) is 0 Å². The molecule has 0 amide bonds. The van der Waals surface area contributed by atoms with Crippen LogP contribution in [0.25, 0.3) is 0 Å². The van der Waals surface area contributed by atoms with Gasteiger partial charge in [-0.1, -0.05) is 18.6 Å². The summed E-state index contributed by atoms with van der Waals surface area (Å²) < 4.78 is 0. The predicted molar refractivity (Wildman–Crippen MR) is 60.4 cm³/mol. The minimum absolute atomic E-state index is 0.104. The normalized spacial score (nSPS) is 17.8. The number of phenols is 1. The molecule has 1 unspecified atom stereocenters. The van der Waals surface area contributed by atoms with Crippen LogP contribution in [0.15, 0.2) is 24.3 Å². The van der Waals surface area contributed by atoms with Gasteiger partial charge in [-0.15, -0.1) is 0 Å². The number of carbonyl (C=O) groups is 1. The maximum Gasteiger partial charge on any atom is 0.303 e. The fraction of sp³-hybridized carbons (Fsp3) is 0.462. The van der Waals surface area contributed by atoms with Crippen LogP contribution in [0, 0.1) is 5.92 Å². The van der Waals surface area contributed by atoms with Crippen LogP contribution in [0.3, 0.4) is 0 Å². The number of rotatable bonds is 4. The van der Waals surface area contributed by atoms with E-state index >= 15 is 0 Å². The van der Waals surface area contributed by atoms with Gasteiger partial charge in [0.2, 0.25) is 0 Å². The van der Waals surface area contributed by atoms with E-state index < -0.39 is 5.97 Å². The molecule has 3 nitrogen and oxygen atoms in total. The van der Waals surface area contributed by atoms with Gasteiger partial charge >= 0.3 is 5.97 Å². The van der Waals surface area contributed by atoms with Crippen molar-refractivity contribution in [3.63, 3.8) is 0 Å². The first-order chi connectivity index (χ1) is 7.66. The zero-order valence-electron chi connectivity index (χ0n) is 9.10. The van der Waals surface area contributed by atoms with Crippen LogP contribution >= 0.6 is 0 Å². The highest BCUT2D eigenvalue weighted by Crippen LogP contribution is 2.41. The molecule has 3 heteroatoms. The van der Waals surface area contributed by atoms with Crippen LogP contribution in [0.5, 0.6) is 5.75 Å². The van der Waals surface area contributed by atoms with E-state index in [1.54, 1.807) is 12.1 Å². The fourth-order valence-corrected chi connectivity index (χ4v) is 2.31. The third-order valence-electron chi connectivity index (χ3n) is 3.43. The lowest BCUT2D eigenvalue weighted by molar-refractivity contribution is -0.138. The average Bonchev–Trinajstić information content (AvgIpc) is 2.14. The van der Waals surface area contributed by atoms with E-state index in [-0.39, 0.29) is 18.1 Å². The van der Waals surface area contributed by atoms with E-state index in [0.29, 0.717) is 5.92 Å². The minimum atomic E-state index is -0.745. The fourth-order valence-electron chi connectivity index (χ4n) is 2.31. The Kier molecular flexibility index (Phi) is 3.13. The Morgan fingerprint density at radius 2 is 1.94 bits per heavy atom. The summed E-state index contributed by atoms with van der Waals surface area (Å²) in [4.78, 5) is 10.8. The monoisotopic (exact) mass is 220 g/mol. The minimum Gasteiger partial charge on any atom is -0.508 e. The Hall–Kier alpha value is -1.51. The Morgan fingerprint density at radius 3 is 2.38 bits per heavy atom. The first-order valence-corrected chi connectivity index (χ1v) is 5.67. The number of benzene rings is 1. The summed E-state index contributed by atoms with van der Waals surface area (Å²) in [6, 6.07) is 6.92. The van der Waals surface area contributed by atoms with Crippen molar-refractivity contribution in [1.82, 2.24) is 0 Å². The van der Waals surface area contributed by atoms with Crippen LogP contribution < -0.4 is 0 Å². The van der Waals surface area contributed by atoms with Crippen molar-refractivity contribution in [2.24, 2.45) is 5.92 Å². The predicted octanol–water partition coefficient (Wildman–Crippen LogP) is 2.75. The van der Waals surface area contributed by atoms with Crippen LogP contribution in [-0.2, 0) is 4.79 Å². The van der Waals surface area contributed by atoms with Gasteiger partial charge in [-0.25, -0.2) is 0 Å². The molecule has 0 aromatic heterocycles. The van der Waals surface area contributed by atoms with Crippen molar-refractivity contribution in [3.05, 3.63) is 29.8 Å². The third kappa shape index (κ3) is 2.35. The number of aliphatic carboxylic acids is 1. The largest absolute Gasteiger partial charge is 0.508 e. The Labute approximate surface area is 94.7 Å². The summed E-state index contributed by atoms with van der Waals surface area (Å²) >= 11 is 0. The molecule has 1 aliphatic carbocycles. The lowest BCUT2D eigenvalue weighted by atomic mass is 9.72. The summed E-state index contributed by atoms with van der Waals surface area (Å²) in [5.41, 5.74) is 1.03. The summed E-state index contributed by atoms with van der Waals surface area (Å²) in [6.45, 7) is 0. The van der Waals surface area contributed by atoms with E-state index in [4.69, 9.17) is 5.11 Å². The highest BCUT2D eigenvalue weighted by molar-refractivity contribution is 5.68. The van der Waals surface area contributed by atoms with Gasteiger partial charge in [0.1, 0.15) is 5.75 Å². The lowest BCUT2D eigenvalue weighted by Gasteiger charge is -2.33. The number of phenolic OH excluding ortho intramolecular Hbond substituents is 1. The smallest absolute Gasteiger partial charge is 0.303 e. The molecule has 0 spiro atoms. The molecule has 2 N–H and O–H groups in total. The van der Waals surface area contributed by atoms with Crippen molar-refractivity contribution in [3.8, 4) is 5.75 Å². The summed E-state index contributed by atoms with van der Waals surface area (Å²) in [5.74, 6) is 0.0869. The van der Waals surface area contributed by atoms with E-state index in [2.05, 4.69) is 0 Å². The molecule has 2 rings (SSSR count). The van der Waals surface area contributed by atoms with Crippen LogP contribution in [0.4, 0.5) is 0 Å². The van der Waals surface area contributed by atoms with Crippen LogP contribution in [-0.4, -0.2) is 16.2 Å². The molecule has 0 aliphatic heterocycles. The quantitative estimate of drug-likeness (QED) is 0.820. The molecule has 0 radical (unpaired) electrons. The van der Waals surface area contributed by atoms with Crippen molar-refractivity contribution >= 4 is 5.97 Å². The maximum absolute atomic E-state index is 10.8. The summed E-state index contributed by atoms with van der Waals surface area (Å²) in [7, 11) is 0. The van der Waals surface area contributed by atoms with Gasteiger partial charge in [-0.2, -0.15) is 0 Å². The number of carboxylic acid groups (broad SMARTS) is 1. The van der Waals surface area contributed by atoms with Crippen LogP contribution in [0.1, 0.15) is 37.2 Å². The van der Waals surface area contributed by atoms with Crippen molar-refractivity contribution < 1.29 is 15.0 Å². The van der Waals surface area contributed by atoms with Gasteiger partial charge in [0.25, 0.3) is 0 Å². The average molecular weight is 220 g/mol. The molecule has 16 heavy (non-hydrogen) atoms. The molecule has 86 valence electrons. The first-order valence-electron chi connectivity index (χ1n) is 5.67. The second-order valence-corrected chi connectivity index (χ2v) is 4.49. The van der Waals surface area contributed by atoms with Gasteiger partial charge in [0.05, 0.1) is 6.42 Å². The molecular weight excluding hydrogens is 204 g/mol. The number of hydrogen-bond acceptors (Lipinski definition) is 2. The molecule has 1 aromatic carbocycles. The van der Waals surface area contributed by atoms with Gasteiger partial charge < -0.3 is 10.2 Å². The molecule has 0 bridgehead atoms. The molecule has 0 heterocycles. The third-order valence-corrected chi connectivity index (χ3v) is 3.43. The standard InChI is InChI=1S/C13H16O3/c14-11-6-4-10(5-7-11)12(8-13(15)16)9-2-1-3-9/h4-7,9,12,14H,1-3,8H2,(H,15,16). The molecule has 0 saturated heterocycles. The second-order valence-electron chi connectivity index (χ2n) is 4.49. The second kappa shape index (κ2) is 4.56. The Morgan fingerprint density at radius 1 is 1.31 bits per heavy atom. The number of carboxylic acids is 1. The zero-order valence-corrected chi connectivity index (χ0v) is 9.10. The van der Waals surface area contributed by atoms with Gasteiger partial charge in [-0.05, 0) is 42.4 Å². The highest BCUT2D eigenvalue weighted by Gasteiger charge is 2.29. The zero-order chi connectivity index (χ0) is 11.5. The van der Waals surface area contributed by atoms with Crippen molar-refractivity contribution in [1.29, 1.82) is 0 Å². The molecule has 1 atom stereocenters. The molecule has 1 fully saturated rings. The molecular formula is C13H16O3. The van der Waals surface area contributed by atoms with Gasteiger partial charge in [-0.3, -0.25) is 4.79 Å². The molecule has 1 saturated carbocycles. The number of hydrogen-bond donors (Lipinski definition) is 2.